The quantitative estimate of drug-likeness (QED) is 0.174. The fourth-order valence-corrected chi connectivity index (χ4v) is 7.42. The van der Waals surface area contributed by atoms with Gasteiger partial charge in [0.15, 0.2) is 11.3 Å². The molecule has 226 valence electrons. The fraction of sp³-hybridized carbons (Fsp3) is 0.393. The van der Waals surface area contributed by atoms with Gasteiger partial charge in [0.1, 0.15) is 17.2 Å². The molecule has 15 heteroatoms. The van der Waals surface area contributed by atoms with Gasteiger partial charge in [0.2, 0.25) is 0 Å². The second-order valence-corrected chi connectivity index (χ2v) is 13.7. The van der Waals surface area contributed by atoms with Crippen molar-refractivity contribution in [2.75, 3.05) is 17.2 Å². The Morgan fingerprint density at radius 3 is 2.49 bits per heavy atom. The predicted octanol–water partition coefficient (Wildman–Crippen LogP) is 3.87. The van der Waals surface area contributed by atoms with Crippen LogP contribution in [0.4, 0.5) is 20.2 Å². The highest BCUT2D eigenvalue weighted by atomic mass is 32.2. The van der Waals surface area contributed by atoms with E-state index in [1.54, 1.807) is 30.3 Å². The minimum Gasteiger partial charge on any atom is -0.380 e. The molecule has 43 heavy (non-hydrogen) atoms. The Bertz CT molecular complexity index is 2010. The van der Waals surface area contributed by atoms with Crippen LogP contribution in [0, 0.1) is 12.8 Å². The number of hydrogen-bond acceptors (Lipinski definition) is 9. The van der Waals surface area contributed by atoms with Crippen LogP contribution in [0.2, 0.25) is 0 Å². The lowest BCUT2D eigenvalue weighted by molar-refractivity contribution is 0.0985. The highest BCUT2D eigenvalue weighted by molar-refractivity contribution is 7.90. The molecule has 11 nitrogen and oxygen atoms in total. The zero-order valence-electron chi connectivity index (χ0n) is 23.4. The first-order valence-corrected chi connectivity index (χ1v) is 15.9. The smallest absolute Gasteiger partial charge is 0.269 e. The molecule has 1 aliphatic rings. The number of aryl methyl sites for hydroxylation is 1. The van der Waals surface area contributed by atoms with E-state index in [9.17, 15) is 26.8 Å². The van der Waals surface area contributed by atoms with Crippen molar-refractivity contribution in [3.8, 4) is 0 Å². The highest BCUT2D eigenvalue weighted by Crippen LogP contribution is 2.43. The molecule has 0 amide bonds. The molecule has 0 aliphatic heterocycles. The van der Waals surface area contributed by atoms with Gasteiger partial charge in [-0.2, -0.15) is 0 Å². The molecule has 5 aromatic rings. The number of rotatable bonds is 10. The first-order chi connectivity index (χ1) is 20.4. The van der Waals surface area contributed by atoms with Crippen molar-refractivity contribution in [2.45, 2.75) is 62.0 Å². The summed E-state index contributed by atoms with van der Waals surface area (Å²) in [6.45, 7) is 3.78. The van der Waals surface area contributed by atoms with Gasteiger partial charge in [-0.25, -0.2) is 26.2 Å². The maximum atomic E-state index is 13.5. The van der Waals surface area contributed by atoms with Crippen LogP contribution in [0.25, 0.3) is 16.8 Å². The summed E-state index contributed by atoms with van der Waals surface area (Å²) in [4.78, 5) is 29.1. The Labute approximate surface area is 247 Å². The lowest BCUT2D eigenvalue weighted by Crippen LogP contribution is -2.39. The minimum absolute atomic E-state index is 0.0348. The first-order valence-electron chi connectivity index (χ1n) is 13.9. The van der Waals surface area contributed by atoms with Crippen LogP contribution in [-0.4, -0.2) is 50.2 Å². The van der Waals surface area contributed by atoms with Gasteiger partial charge in [0.05, 0.1) is 16.6 Å². The zero-order valence-corrected chi connectivity index (χ0v) is 25.4. The molecule has 3 heterocycles. The molecular weight excluding hydrogens is 599 g/mol. The molecule has 4 atom stereocenters. The summed E-state index contributed by atoms with van der Waals surface area (Å²) >= 11 is 0. The molecule has 2 N–H and O–H groups in total. The van der Waals surface area contributed by atoms with Crippen LogP contribution in [0.15, 0.2) is 57.2 Å². The van der Waals surface area contributed by atoms with Crippen molar-refractivity contribution in [1.82, 2.24) is 23.6 Å². The minimum atomic E-state index is -3.91. The Morgan fingerprint density at radius 1 is 1.07 bits per heavy atom. The van der Waals surface area contributed by atoms with E-state index in [1.165, 1.54) is 21.6 Å². The molecule has 0 saturated heterocycles. The van der Waals surface area contributed by atoms with Gasteiger partial charge in [0, 0.05) is 31.1 Å². The molecule has 3 aromatic heterocycles. The third kappa shape index (κ3) is 5.20. The van der Waals surface area contributed by atoms with Crippen molar-refractivity contribution in [3.63, 3.8) is 0 Å². The number of alkyl halides is 2. The van der Waals surface area contributed by atoms with Crippen LogP contribution in [-0.2, 0) is 10.0 Å². The standard InChI is InChI=1S/C28H30F2N7O4PS/c1-3-16-12-17(33-23-22(24(38)25(23)39)31-10-9-28(29,30)42)13-19(16)26-35-34-21-14-32-27-20(37(21)26)8-11-36(27)43(40,41)18-6-4-15(2)5-7-18/h4-8,11,14,16-17,19,31,33H,3,9-10,12-13,42H2,1-2H3/t16?,17?,19-/m0/s1. The molecule has 0 spiro atoms. The lowest BCUT2D eigenvalue weighted by atomic mass is 9.93. The van der Waals surface area contributed by atoms with Gasteiger partial charge in [0.25, 0.3) is 26.5 Å². The Kier molecular flexibility index (Phi) is 7.32. The van der Waals surface area contributed by atoms with Gasteiger partial charge in [-0.05, 0) is 43.9 Å². The van der Waals surface area contributed by atoms with Gasteiger partial charge in [-0.15, -0.1) is 10.2 Å². The molecule has 1 saturated carbocycles. The van der Waals surface area contributed by atoms with Crippen LogP contribution >= 0.6 is 9.24 Å². The maximum absolute atomic E-state index is 13.5. The summed E-state index contributed by atoms with van der Waals surface area (Å²) in [5.41, 5.74) is -2.02. The van der Waals surface area contributed by atoms with E-state index >= 15 is 0 Å². The van der Waals surface area contributed by atoms with E-state index in [0.29, 0.717) is 29.8 Å². The number of fused-ring (bicyclic) bond motifs is 3. The Hall–Kier alpha value is -3.77. The molecule has 6 rings (SSSR count). The summed E-state index contributed by atoms with van der Waals surface area (Å²) < 4.78 is 56.3. The summed E-state index contributed by atoms with van der Waals surface area (Å²) in [5.74, 6) is 0.694. The van der Waals surface area contributed by atoms with Crippen molar-refractivity contribution in [1.29, 1.82) is 0 Å². The number of halogens is 2. The maximum Gasteiger partial charge on any atom is 0.269 e. The van der Waals surface area contributed by atoms with Gasteiger partial charge < -0.3 is 10.6 Å². The molecule has 0 bridgehead atoms. The molecular formula is C28H30F2N7O4PS. The number of nitrogens with zero attached hydrogens (tertiary/aromatic N) is 5. The van der Waals surface area contributed by atoms with E-state index in [-0.39, 0.29) is 46.3 Å². The number of anilines is 2. The van der Waals surface area contributed by atoms with E-state index in [4.69, 9.17) is 0 Å². The normalized spacial score (nSPS) is 19.5. The van der Waals surface area contributed by atoms with E-state index in [0.717, 1.165) is 16.0 Å². The lowest BCUT2D eigenvalue weighted by Gasteiger charge is -2.20. The van der Waals surface area contributed by atoms with E-state index in [1.807, 2.05) is 11.3 Å². The van der Waals surface area contributed by atoms with Crippen LogP contribution < -0.4 is 21.5 Å². The van der Waals surface area contributed by atoms with Crippen LogP contribution in [0.3, 0.4) is 0 Å². The number of hydrogen-bond donors (Lipinski definition) is 2. The SMILES string of the molecule is CCC1CC(Nc2c(NCCC(F)(F)P)c(=O)c2=O)C[C@@H]1c1nnc2cnc3c(ccn3S(=O)(=O)c3ccc(C)cc3)n12. The first kappa shape index (κ1) is 29.3. The Balaban J connectivity index is 1.30. The molecule has 0 radical (unpaired) electrons. The highest BCUT2D eigenvalue weighted by Gasteiger charge is 2.39. The van der Waals surface area contributed by atoms with Crippen LogP contribution in [0.5, 0.6) is 0 Å². The van der Waals surface area contributed by atoms with Crippen molar-refractivity contribution in [2.24, 2.45) is 5.92 Å². The summed E-state index contributed by atoms with van der Waals surface area (Å²) in [5, 5.41) is 14.7. The van der Waals surface area contributed by atoms with Crippen LogP contribution in [0.1, 0.15) is 49.9 Å². The van der Waals surface area contributed by atoms with Crippen molar-refractivity contribution in [3.05, 3.63) is 74.6 Å². The summed E-state index contributed by atoms with van der Waals surface area (Å²) in [6.07, 6.45) is 4.50. The third-order valence-corrected chi connectivity index (χ3v) is 10.2. The van der Waals surface area contributed by atoms with Crippen molar-refractivity contribution >= 4 is 47.4 Å². The van der Waals surface area contributed by atoms with Gasteiger partial charge in [-0.3, -0.25) is 14.0 Å². The molecule has 2 aromatic carbocycles. The second kappa shape index (κ2) is 10.7. The van der Waals surface area contributed by atoms with Crippen molar-refractivity contribution < 1.29 is 17.2 Å². The van der Waals surface area contributed by atoms with E-state index < -0.39 is 33.0 Å². The Morgan fingerprint density at radius 2 is 1.79 bits per heavy atom. The van der Waals surface area contributed by atoms with Gasteiger partial charge >= 0.3 is 0 Å². The summed E-state index contributed by atoms with van der Waals surface area (Å²) in [7, 11) is -2.45. The molecule has 1 aliphatic carbocycles. The average Bonchev–Trinajstić information content (AvgIpc) is 3.69. The molecule has 1 fully saturated rings. The largest absolute Gasteiger partial charge is 0.380 e. The average molecular weight is 630 g/mol. The molecule has 3 unspecified atom stereocenters. The zero-order chi connectivity index (χ0) is 30.7. The number of aromatic nitrogens is 5. The third-order valence-electron chi connectivity index (χ3n) is 8.21. The number of benzene rings is 1. The topological polar surface area (TPSA) is 140 Å². The van der Waals surface area contributed by atoms with E-state index in [2.05, 4.69) is 32.7 Å². The number of nitrogens with one attached hydrogen (secondary N) is 2. The fourth-order valence-electron chi connectivity index (χ4n) is 5.98. The summed E-state index contributed by atoms with van der Waals surface area (Å²) in [6, 6.07) is 8.10. The predicted molar refractivity (Wildman–Crippen MR) is 162 cm³/mol. The van der Waals surface area contributed by atoms with Gasteiger partial charge in [-0.1, -0.05) is 40.3 Å². The monoisotopic (exact) mass is 629 g/mol. The second-order valence-electron chi connectivity index (χ2n) is 11.1.